The van der Waals surface area contributed by atoms with Gasteiger partial charge in [-0.05, 0) is 38.8 Å². The molecule has 2 aromatic heterocycles. The Bertz CT molecular complexity index is 1080. The van der Waals surface area contributed by atoms with Crippen LogP contribution in [0.3, 0.4) is 0 Å². The van der Waals surface area contributed by atoms with Crippen molar-refractivity contribution >= 4 is 56.9 Å². The quantitative estimate of drug-likeness (QED) is 0.530. The van der Waals surface area contributed by atoms with Gasteiger partial charge < -0.3 is 10.1 Å². The molecule has 2 N–H and O–H groups in total. The van der Waals surface area contributed by atoms with Crippen LogP contribution in [0, 0.1) is 27.7 Å². The third-order valence-corrected chi connectivity index (χ3v) is 6.55. The Hall–Kier alpha value is -2.42. The maximum Gasteiger partial charge on any atom is 0.267 e. The fourth-order valence-corrected chi connectivity index (χ4v) is 4.95. The van der Waals surface area contributed by atoms with Crippen LogP contribution in [0.2, 0.25) is 4.34 Å². The predicted octanol–water partition coefficient (Wildman–Crippen LogP) is 5.60. The number of rotatable bonds is 5. The van der Waals surface area contributed by atoms with E-state index in [4.69, 9.17) is 16.3 Å². The number of benzene rings is 1. The number of carbonyl (C=O) groups excluding carboxylic acids is 2. The summed E-state index contributed by atoms with van der Waals surface area (Å²) in [5.74, 6) is -0.326. The molecule has 3 aromatic rings. The number of thiophene rings is 1. The largest absolute Gasteiger partial charge is 0.493 e. The van der Waals surface area contributed by atoms with E-state index in [1.165, 1.54) is 18.4 Å². The summed E-state index contributed by atoms with van der Waals surface area (Å²) in [6.45, 7) is 7.67. The van der Waals surface area contributed by atoms with Gasteiger partial charge in [0.05, 0.1) is 18.4 Å². The number of hydrogen-bond acceptors (Lipinski definition) is 6. The summed E-state index contributed by atoms with van der Waals surface area (Å²) in [5.41, 5.74) is 4.78. The van der Waals surface area contributed by atoms with Crippen molar-refractivity contribution in [3.8, 4) is 5.75 Å². The third kappa shape index (κ3) is 4.44. The fourth-order valence-electron chi connectivity index (χ4n) is 3.04. The molecule has 6 nitrogen and oxygen atoms in total. The van der Waals surface area contributed by atoms with Gasteiger partial charge in [0.1, 0.15) is 9.21 Å². The number of nitrogens with zero attached hydrogens (tertiary/aromatic N) is 1. The summed E-state index contributed by atoms with van der Waals surface area (Å²) in [4.78, 5) is 30.1. The Morgan fingerprint density at radius 2 is 1.72 bits per heavy atom. The number of ether oxygens (including phenoxy) is 1. The van der Waals surface area contributed by atoms with Gasteiger partial charge in [-0.15, -0.1) is 11.3 Å². The zero-order chi connectivity index (χ0) is 21.3. The molecule has 0 bridgehead atoms. The number of aromatic nitrogens is 1. The molecule has 0 fully saturated rings. The highest BCUT2D eigenvalue weighted by Gasteiger charge is 2.21. The highest BCUT2D eigenvalue weighted by atomic mass is 35.5. The highest BCUT2D eigenvalue weighted by molar-refractivity contribution is 7.18. The van der Waals surface area contributed by atoms with Gasteiger partial charge in [0, 0.05) is 11.1 Å². The van der Waals surface area contributed by atoms with Crippen LogP contribution in [0.15, 0.2) is 17.5 Å². The number of aryl methyl sites for hydroxylation is 4. The number of carbonyl (C=O) groups is 2. The molecule has 3 rings (SSSR count). The molecular formula is C20H20ClN3O3S2. The highest BCUT2D eigenvalue weighted by Crippen LogP contribution is 2.36. The Labute approximate surface area is 181 Å². The van der Waals surface area contributed by atoms with Gasteiger partial charge in [-0.2, -0.15) is 0 Å². The van der Waals surface area contributed by atoms with E-state index >= 15 is 0 Å². The zero-order valence-electron chi connectivity index (χ0n) is 16.6. The monoisotopic (exact) mass is 449 g/mol. The lowest BCUT2D eigenvalue weighted by atomic mass is 10.1. The lowest BCUT2D eigenvalue weighted by Gasteiger charge is -2.12. The average Bonchev–Trinajstić information content (AvgIpc) is 3.19. The van der Waals surface area contributed by atoms with Crippen molar-refractivity contribution in [2.45, 2.75) is 27.7 Å². The normalized spacial score (nSPS) is 10.7. The second kappa shape index (κ2) is 8.52. The topological polar surface area (TPSA) is 80.3 Å². The number of hydrogen-bond donors (Lipinski definition) is 2. The van der Waals surface area contributed by atoms with E-state index in [0.29, 0.717) is 31.4 Å². The summed E-state index contributed by atoms with van der Waals surface area (Å²) in [7, 11) is 1.45. The van der Waals surface area contributed by atoms with Gasteiger partial charge in [-0.3, -0.25) is 14.9 Å². The van der Waals surface area contributed by atoms with E-state index in [1.807, 2.05) is 32.9 Å². The summed E-state index contributed by atoms with van der Waals surface area (Å²) >= 11 is 8.35. The summed E-state index contributed by atoms with van der Waals surface area (Å²) in [5, 5.41) is 7.63. The number of anilines is 2. The van der Waals surface area contributed by atoms with Gasteiger partial charge in [0.15, 0.2) is 10.9 Å². The van der Waals surface area contributed by atoms with Crippen molar-refractivity contribution in [1.82, 2.24) is 4.98 Å². The Balaban J connectivity index is 1.80. The molecular weight excluding hydrogens is 430 g/mol. The molecule has 2 amide bonds. The number of amides is 2. The maximum absolute atomic E-state index is 12.8. The maximum atomic E-state index is 12.8. The molecule has 0 unspecified atom stereocenters. The van der Waals surface area contributed by atoms with E-state index in [1.54, 1.807) is 12.3 Å². The lowest BCUT2D eigenvalue weighted by Crippen LogP contribution is -2.13. The molecule has 0 aliphatic carbocycles. The van der Waals surface area contributed by atoms with Crippen molar-refractivity contribution in [3.63, 3.8) is 0 Å². The molecule has 0 radical (unpaired) electrons. The van der Waals surface area contributed by atoms with E-state index < -0.39 is 5.91 Å². The first-order valence-corrected chi connectivity index (χ1v) is 10.8. The Kier molecular flexibility index (Phi) is 6.26. The van der Waals surface area contributed by atoms with Gasteiger partial charge >= 0.3 is 0 Å². The van der Waals surface area contributed by atoms with E-state index in [2.05, 4.69) is 15.6 Å². The van der Waals surface area contributed by atoms with Gasteiger partial charge in [0.25, 0.3) is 11.8 Å². The fraction of sp³-hybridized carbons (Fsp3) is 0.250. The van der Waals surface area contributed by atoms with Crippen LogP contribution in [-0.2, 0) is 0 Å². The number of methoxy groups -OCH3 is 1. The first-order valence-electron chi connectivity index (χ1n) is 8.70. The molecule has 152 valence electrons. The smallest absolute Gasteiger partial charge is 0.267 e. The van der Waals surface area contributed by atoms with Crippen LogP contribution < -0.4 is 15.4 Å². The predicted molar refractivity (Wildman–Crippen MR) is 119 cm³/mol. The average molecular weight is 450 g/mol. The van der Waals surface area contributed by atoms with Gasteiger partial charge in [-0.25, -0.2) is 4.98 Å². The second-order valence-corrected chi connectivity index (χ2v) is 9.05. The lowest BCUT2D eigenvalue weighted by molar-refractivity contribution is 0.101. The Morgan fingerprint density at radius 3 is 2.34 bits per heavy atom. The van der Waals surface area contributed by atoms with E-state index in [9.17, 15) is 9.59 Å². The molecule has 2 heterocycles. The summed E-state index contributed by atoms with van der Waals surface area (Å²) in [6, 6.07) is 4.04. The minimum atomic E-state index is -0.393. The van der Waals surface area contributed by atoms with Crippen molar-refractivity contribution in [1.29, 1.82) is 0 Å². The van der Waals surface area contributed by atoms with Gasteiger partial charge in [-0.1, -0.05) is 40.6 Å². The molecule has 0 aliphatic heterocycles. The second-order valence-electron chi connectivity index (χ2n) is 6.57. The molecule has 0 aliphatic rings. The molecule has 0 spiro atoms. The van der Waals surface area contributed by atoms with Crippen LogP contribution in [0.4, 0.5) is 10.8 Å². The van der Waals surface area contributed by atoms with Crippen LogP contribution >= 0.6 is 34.3 Å². The van der Waals surface area contributed by atoms with Gasteiger partial charge in [0.2, 0.25) is 0 Å². The number of halogens is 1. The summed E-state index contributed by atoms with van der Waals surface area (Å²) < 4.78 is 5.58. The minimum Gasteiger partial charge on any atom is -0.493 e. The first kappa shape index (κ1) is 21.3. The molecule has 9 heteroatoms. The van der Waals surface area contributed by atoms with E-state index in [0.717, 1.165) is 33.7 Å². The molecule has 0 saturated heterocycles. The van der Waals surface area contributed by atoms with Crippen molar-refractivity contribution in [2.75, 3.05) is 17.7 Å². The number of thiazole rings is 1. The van der Waals surface area contributed by atoms with Crippen LogP contribution in [0.25, 0.3) is 0 Å². The third-order valence-electron chi connectivity index (χ3n) is 4.29. The minimum absolute atomic E-state index is 0.258. The van der Waals surface area contributed by atoms with E-state index in [-0.39, 0.29) is 5.91 Å². The number of nitrogens with one attached hydrogen (secondary N) is 2. The van der Waals surface area contributed by atoms with Crippen molar-refractivity contribution < 1.29 is 14.3 Å². The molecule has 0 atom stereocenters. The zero-order valence-corrected chi connectivity index (χ0v) is 19.0. The summed E-state index contributed by atoms with van der Waals surface area (Å²) in [6.07, 6.45) is 0. The SMILES string of the molecule is COc1c(C(=O)Nc2nc(C)c(C(=O)Nc3c(C)cc(C)cc3C)s2)csc1Cl. The van der Waals surface area contributed by atoms with Crippen LogP contribution in [-0.4, -0.2) is 23.9 Å². The molecule has 29 heavy (non-hydrogen) atoms. The van der Waals surface area contributed by atoms with Crippen LogP contribution in [0.5, 0.6) is 5.75 Å². The standard InChI is InChI=1S/C20H20ClN3O3S2/c1-9-6-10(2)14(11(3)7-9)23-19(26)16-12(4)22-20(29-16)24-18(25)13-8-28-17(21)15(13)27-5/h6-8H,1-5H3,(H,23,26)(H,22,24,25). The van der Waals surface area contributed by atoms with Crippen LogP contribution in [0.1, 0.15) is 42.4 Å². The molecule has 1 aromatic carbocycles. The van der Waals surface area contributed by atoms with Crippen molar-refractivity contribution in [2.24, 2.45) is 0 Å². The Morgan fingerprint density at radius 1 is 1.07 bits per heavy atom. The first-order chi connectivity index (χ1) is 13.7. The molecule has 0 saturated carbocycles. The van der Waals surface area contributed by atoms with Crippen molar-refractivity contribution in [3.05, 3.63) is 54.7 Å².